The van der Waals surface area contributed by atoms with Crippen molar-refractivity contribution in [2.45, 2.75) is 0 Å². The molecule has 1 N–H and O–H groups in total. The normalized spacial score (nSPS) is 14.4. The number of amidine groups is 1. The Morgan fingerprint density at radius 3 is 2.05 bits per heavy atom. The molecule has 0 saturated carbocycles. The van der Waals surface area contributed by atoms with Gasteiger partial charge >= 0.3 is 0 Å². The molecule has 1 aliphatic rings. The van der Waals surface area contributed by atoms with Crippen LogP contribution in [0.15, 0.2) is 125 Å². The number of carbonyl (C=O) groups excluding carboxylic acids is 1. The summed E-state index contributed by atoms with van der Waals surface area (Å²) in [5, 5.41) is 11.9. The van der Waals surface area contributed by atoms with Crippen molar-refractivity contribution >= 4 is 28.7 Å². The number of carbonyl (C=O) groups is 1. The zero-order valence-corrected chi connectivity index (χ0v) is 19.5. The molecule has 0 bridgehead atoms. The number of hydrogen-bond donors (Lipinski definition) is 1. The predicted molar refractivity (Wildman–Crippen MR) is 144 cm³/mol. The van der Waals surface area contributed by atoms with Crippen molar-refractivity contribution in [1.82, 2.24) is 9.66 Å². The number of para-hydroxylation sites is 2. The summed E-state index contributed by atoms with van der Waals surface area (Å²) in [6, 6.07) is 32.2. The van der Waals surface area contributed by atoms with Gasteiger partial charge in [0.15, 0.2) is 11.7 Å². The molecule has 2 heterocycles. The van der Waals surface area contributed by atoms with E-state index < -0.39 is 11.5 Å². The summed E-state index contributed by atoms with van der Waals surface area (Å²) < 4.78 is 1.29. The second-order valence-corrected chi connectivity index (χ2v) is 8.44. The average Bonchev–Trinajstić information content (AvgIpc) is 3.26. The Morgan fingerprint density at radius 2 is 1.32 bits per heavy atom. The Morgan fingerprint density at radius 1 is 0.703 bits per heavy atom. The van der Waals surface area contributed by atoms with E-state index >= 15 is 0 Å². The molecule has 7 heteroatoms. The number of hydrogen-bond acceptors (Lipinski definition) is 5. The fourth-order valence-corrected chi connectivity index (χ4v) is 4.31. The van der Waals surface area contributed by atoms with Crippen molar-refractivity contribution in [3.05, 3.63) is 136 Å². The van der Waals surface area contributed by atoms with Crippen LogP contribution in [0.4, 0.5) is 0 Å². The molecule has 0 aliphatic carbocycles. The molecular weight excluding hydrogens is 464 g/mol. The van der Waals surface area contributed by atoms with Crippen LogP contribution in [0.3, 0.4) is 0 Å². The van der Waals surface area contributed by atoms with Crippen molar-refractivity contribution < 1.29 is 9.90 Å². The molecule has 0 unspecified atom stereocenters. The number of aromatic hydroxyl groups is 1. The van der Waals surface area contributed by atoms with E-state index in [0.717, 1.165) is 0 Å². The van der Waals surface area contributed by atoms with E-state index in [0.29, 0.717) is 33.4 Å². The van der Waals surface area contributed by atoms with E-state index in [1.165, 1.54) is 21.8 Å². The van der Waals surface area contributed by atoms with Crippen LogP contribution >= 0.6 is 0 Å². The number of nitrogens with zero attached hydrogens (tertiary/aromatic N) is 4. The third kappa shape index (κ3) is 3.88. The Kier molecular flexibility index (Phi) is 5.43. The highest BCUT2D eigenvalue weighted by Gasteiger charge is 2.35. The maximum absolute atomic E-state index is 14.0. The van der Waals surface area contributed by atoms with Crippen LogP contribution in [0.25, 0.3) is 28.4 Å². The van der Waals surface area contributed by atoms with Gasteiger partial charge in [-0.2, -0.15) is 9.69 Å². The molecule has 0 saturated heterocycles. The van der Waals surface area contributed by atoms with E-state index in [1.807, 2.05) is 66.7 Å². The number of rotatable bonds is 4. The quantitative estimate of drug-likeness (QED) is 0.374. The average molecular weight is 485 g/mol. The molecule has 1 aromatic heterocycles. The topological polar surface area (TPSA) is 87.8 Å². The number of aliphatic imine (C=N–C) groups is 1. The van der Waals surface area contributed by atoms with Crippen molar-refractivity contribution in [3.8, 4) is 17.1 Å². The van der Waals surface area contributed by atoms with Crippen LogP contribution in [-0.4, -0.2) is 26.5 Å². The standard InChI is InChI=1S/C30H20N4O3/c35-26-18-10-7-15-22(26)19-25-30(37)34(28(32-25)21-13-5-2-6-14-21)33-27(20-11-3-1-4-12-20)31-24-17-9-8-16-23(24)29(33)36/h1-19,35H. The zero-order chi connectivity index (χ0) is 25.4. The number of fused-ring (bicyclic) bond motifs is 1. The first-order chi connectivity index (χ1) is 18.1. The van der Waals surface area contributed by atoms with Crippen molar-refractivity contribution in [1.29, 1.82) is 0 Å². The molecule has 37 heavy (non-hydrogen) atoms. The molecule has 0 fully saturated rings. The fraction of sp³-hybridized carbons (Fsp3) is 0. The van der Waals surface area contributed by atoms with E-state index in [2.05, 4.69) is 4.99 Å². The van der Waals surface area contributed by atoms with Gasteiger partial charge in [-0.25, -0.2) is 9.98 Å². The molecule has 6 rings (SSSR count). The summed E-state index contributed by atoms with van der Waals surface area (Å²) >= 11 is 0. The summed E-state index contributed by atoms with van der Waals surface area (Å²) in [5.41, 5.74) is 1.97. The van der Waals surface area contributed by atoms with Gasteiger partial charge in [-0.3, -0.25) is 9.59 Å². The Balaban J connectivity index is 1.64. The van der Waals surface area contributed by atoms with Gasteiger partial charge in [-0.15, -0.1) is 0 Å². The largest absolute Gasteiger partial charge is 0.507 e. The first kappa shape index (κ1) is 22.2. The Bertz CT molecular complexity index is 1770. The van der Waals surface area contributed by atoms with E-state index in [-0.39, 0.29) is 17.3 Å². The van der Waals surface area contributed by atoms with Crippen molar-refractivity contribution in [2.75, 3.05) is 5.01 Å². The smallest absolute Gasteiger partial charge is 0.297 e. The van der Waals surface area contributed by atoms with E-state index in [1.54, 1.807) is 36.4 Å². The van der Waals surface area contributed by atoms with Crippen LogP contribution in [0.1, 0.15) is 11.1 Å². The van der Waals surface area contributed by atoms with Crippen molar-refractivity contribution in [3.63, 3.8) is 0 Å². The number of aromatic nitrogens is 2. The first-order valence-electron chi connectivity index (χ1n) is 11.7. The lowest BCUT2D eigenvalue weighted by Gasteiger charge is -2.23. The molecular formula is C30H20N4O3. The highest BCUT2D eigenvalue weighted by atomic mass is 16.3. The molecule has 1 amide bonds. The highest BCUT2D eigenvalue weighted by Crippen LogP contribution is 2.27. The lowest BCUT2D eigenvalue weighted by atomic mass is 10.1. The SMILES string of the molecule is O=C1C(=Cc2ccccc2O)N=C(c2ccccc2)N1n1c(-c2ccccc2)nc2ccccc2c1=O. The summed E-state index contributed by atoms with van der Waals surface area (Å²) in [7, 11) is 0. The maximum Gasteiger partial charge on any atom is 0.297 e. The number of benzene rings is 4. The van der Waals surface area contributed by atoms with Gasteiger partial charge in [0.1, 0.15) is 11.4 Å². The number of amides is 1. The number of phenolic OH excluding ortho intramolecular Hbond substituents is 1. The highest BCUT2D eigenvalue weighted by molar-refractivity contribution is 6.29. The monoisotopic (exact) mass is 484 g/mol. The van der Waals surface area contributed by atoms with Gasteiger partial charge < -0.3 is 5.11 Å². The maximum atomic E-state index is 14.0. The first-order valence-corrected chi connectivity index (χ1v) is 11.7. The molecule has 7 nitrogen and oxygen atoms in total. The van der Waals surface area contributed by atoms with Crippen LogP contribution in [-0.2, 0) is 4.79 Å². The van der Waals surface area contributed by atoms with Gasteiger partial charge in [-0.05, 0) is 24.3 Å². The van der Waals surface area contributed by atoms with Gasteiger partial charge in [-0.1, -0.05) is 91.0 Å². The minimum Gasteiger partial charge on any atom is -0.507 e. The lowest BCUT2D eigenvalue weighted by Crippen LogP contribution is -2.49. The van der Waals surface area contributed by atoms with Crippen molar-refractivity contribution in [2.24, 2.45) is 4.99 Å². The van der Waals surface area contributed by atoms with Gasteiger partial charge in [0.2, 0.25) is 0 Å². The van der Waals surface area contributed by atoms with Crippen LogP contribution < -0.4 is 10.6 Å². The van der Waals surface area contributed by atoms with E-state index in [9.17, 15) is 14.7 Å². The third-order valence-electron chi connectivity index (χ3n) is 6.09. The Labute approximate surface area is 211 Å². The number of phenols is 1. The molecule has 0 spiro atoms. The third-order valence-corrected chi connectivity index (χ3v) is 6.09. The fourth-order valence-electron chi connectivity index (χ4n) is 4.31. The predicted octanol–water partition coefficient (Wildman–Crippen LogP) is 4.74. The second kappa shape index (κ2) is 9.05. The molecule has 1 aliphatic heterocycles. The van der Waals surface area contributed by atoms with Crippen LogP contribution in [0.2, 0.25) is 0 Å². The minimum atomic E-state index is -0.515. The second-order valence-electron chi connectivity index (χ2n) is 8.44. The van der Waals surface area contributed by atoms with Gasteiger partial charge in [0.25, 0.3) is 11.5 Å². The summed E-state index contributed by atoms with van der Waals surface area (Å²) in [5.74, 6) is 0.0967. The van der Waals surface area contributed by atoms with Gasteiger partial charge in [0.05, 0.1) is 10.9 Å². The molecule has 0 radical (unpaired) electrons. The van der Waals surface area contributed by atoms with Gasteiger partial charge in [0, 0.05) is 16.7 Å². The van der Waals surface area contributed by atoms with E-state index in [4.69, 9.17) is 4.98 Å². The van der Waals surface area contributed by atoms with Crippen LogP contribution in [0.5, 0.6) is 5.75 Å². The summed E-state index contributed by atoms with van der Waals surface area (Å²) in [6.07, 6.45) is 1.52. The molecule has 5 aromatic rings. The van der Waals surface area contributed by atoms with Crippen LogP contribution in [0, 0.1) is 0 Å². The molecule has 4 aromatic carbocycles. The summed E-state index contributed by atoms with van der Waals surface area (Å²) in [4.78, 5) is 37.4. The molecule has 178 valence electrons. The Hall–Kier alpha value is -5.30. The molecule has 0 atom stereocenters. The zero-order valence-electron chi connectivity index (χ0n) is 19.5. The lowest BCUT2D eigenvalue weighted by molar-refractivity contribution is -0.115. The minimum absolute atomic E-state index is 0.0206. The summed E-state index contributed by atoms with van der Waals surface area (Å²) in [6.45, 7) is 0.